The summed E-state index contributed by atoms with van der Waals surface area (Å²) in [4.78, 5) is 21.8. The van der Waals surface area contributed by atoms with Crippen molar-refractivity contribution in [1.29, 1.82) is 5.26 Å². The van der Waals surface area contributed by atoms with Gasteiger partial charge in [-0.3, -0.25) is 0 Å². The molecule has 0 aliphatic heterocycles. The summed E-state index contributed by atoms with van der Waals surface area (Å²) in [5.74, 6) is -0.0167. The second-order valence-electron chi connectivity index (χ2n) is 4.67. The third kappa shape index (κ3) is 2.93. The minimum Gasteiger partial charge on any atom is -0.461 e. The van der Waals surface area contributed by atoms with E-state index in [4.69, 9.17) is 14.8 Å². The van der Waals surface area contributed by atoms with Gasteiger partial charge in [0.1, 0.15) is 7.11 Å². The zero-order valence-corrected chi connectivity index (χ0v) is 12.8. The van der Waals surface area contributed by atoms with Crippen LogP contribution in [0.3, 0.4) is 0 Å². The average molecular weight is 299 g/mol. The van der Waals surface area contributed by atoms with Gasteiger partial charge >= 0.3 is 5.97 Å². The monoisotopic (exact) mass is 299 g/mol. The molecule has 0 radical (unpaired) electrons. The lowest BCUT2D eigenvalue weighted by atomic mass is 10.1. The Balaban J connectivity index is 2.50. The fourth-order valence-electron chi connectivity index (χ4n) is 2.09. The zero-order chi connectivity index (χ0) is 16.1. The van der Waals surface area contributed by atoms with Crippen molar-refractivity contribution in [3.63, 3.8) is 0 Å². The van der Waals surface area contributed by atoms with Crippen molar-refractivity contribution in [3.05, 3.63) is 41.2 Å². The Morgan fingerprint density at radius 3 is 2.86 bits per heavy atom. The largest absolute Gasteiger partial charge is 0.461 e. The Labute approximate surface area is 128 Å². The first-order valence-electron chi connectivity index (χ1n) is 6.93. The van der Waals surface area contributed by atoms with E-state index >= 15 is 0 Å². The molecular weight excluding hydrogens is 282 g/mol. The third-order valence-electron chi connectivity index (χ3n) is 3.07. The molecule has 0 saturated heterocycles. The van der Waals surface area contributed by atoms with Gasteiger partial charge < -0.3 is 9.57 Å². The molecule has 6 nitrogen and oxygen atoms in total. The van der Waals surface area contributed by atoms with Crippen LogP contribution in [-0.4, -0.2) is 29.4 Å². The molecule has 6 heteroatoms. The molecule has 0 aliphatic rings. The first-order chi connectivity index (χ1) is 10.6. The normalized spacial score (nSPS) is 10.1. The number of hydrogen-bond donors (Lipinski definition) is 0. The number of aryl methyl sites for hydroxylation is 1. The maximum Gasteiger partial charge on any atom is 0.360 e. The molecule has 1 aromatic heterocycles. The van der Waals surface area contributed by atoms with E-state index in [1.54, 1.807) is 31.2 Å². The molecule has 22 heavy (non-hydrogen) atoms. The third-order valence-corrected chi connectivity index (χ3v) is 3.07. The van der Waals surface area contributed by atoms with Crippen molar-refractivity contribution in [2.24, 2.45) is 0 Å². The highest BCUT2D eigenvalue weighted by Gasteiger charge is 2.23. The molecule has 0 bridgehead atoms. The lowest BCUT2D eigenvalue weighted by molar-refractivity contribution is 0.0452. The molecule has 0 amide bonds. The number of hydrogen-bond acceptors (Lipinski definition) is 5. The van der Waals surface area contributed by atoms with Gasteiger partial charge in [-0.2, -0.15) is 9.99 Å². The zero-order valence-electron chi connectivity index (χ0n) is 12.8. The number of esters is 1. The van der Waals surface area contributed by atoms with Gasteiger partial charge in [-0.25, -0.2) is 9.78 Å². The summed E-state index contributed by atoms with van der Waals surface area (Å²) in [6, 6.07) is 9.03. The van der Waals surface area contributed by atoms with Gasteiger partial charge in [0.05, 0.1) is 23.9 Å². The first-order valence-corrected chi connectivity index (χ1v) is 6.93. The standard InChI is InChI=1S/C16H17N3O3/c1-4-8-22-16(20)14-11(2)18-15(19(14)21-3)13-7-5-6-12(9-13)10-17/h5-7,9H,4,8H2,1-3H3. The van der Waals surface area contributed by atoms with Crippen LogP contribution in [0.2, 0.25) is 0 Å². The molecule has 0 aliphatic carbocycles. The predicted octanol–water partition coefficient (Wildman–Crippen LogP) is 2.36. The summed E-state index contributed by atoms with van der Waals surface area (Å²) in [6.45, 7) is 3.98. The Hall–Kier alpha value is -2.81. The van der Waals surface area contributed by atoms with E-state index in [0.29, 0.717) is 29.3 Å². The average Bonchev–Trinajstić information content (AvgIpc) is 2.89. The molecule has 0 atom stereocenters. The van der Waals surface area contributed by atoms with Crippen molar-refractivity contribution in [2.45, 2.75) is 20.3 Å². The number of benzene rings is 1. The Morgan fingerprint density at radius 2 is 2.23 bits per heavy atom. The number of nitriles is 1. The number of aromatic nitrogens is 2. The SMILES string of the molecule is CCCOC(=O)c1c(C)nc(-c2cccc(C#N)c2)n1OC. The molecule has 0 saturated carbocycles. The molecule has 2 aromatic rings. The maximum absolute atomic E-state index is 12.2. The number of ether oxygens (including phenoxy) is 1. The molecular formula is C16H17N3O3. The van der Waals surface area contributed by atoms with Crippen molar-refractivity contribution < 1.29 is 14.4 Å². The van der Waals surface area contributed by atoms with E-state index in [0.717, 1.165) is 6.42 Å². The molecule has 0 spiro atoms. The molecule has 0 fully saturated rings. The van der Waals surface area contributed by atoms with Gasteiger partial charge in [-0.05, 0) is 25.5 Å². The quantitative estimate of drug-likeness (QED) is 0.792. The van der Waals surface area contributed by atoms with Crippen LogP contribution in [0.4, 0.5) is 0 Å². The van der Waals surface area contributed by atoms with Crippen molar-refractivity contribution in [1.82, 2.24) is 9.71 Å². The molecule has 1 heterocycles. The highest BCUT2D eigenvalue weighted by molar-refractivity contribution is 5.89. The van der Waals surface area contributed by atoms with E-state index in [2.05, 4.69) is 11.1 Å². The maximum atomic E-state index is 12.2. The van der Waals surface area contributed by atoms with Crippen molar-refractivity contribution >= 4 is 5.97 Å². The summed E-state index contributed by atoms with van der Waals surface area (Å²) < 4.78 is 6.50. The summed E-state index contributed by atoms with van der Waals surface area (Å²) >= 11 is 0. The Kier molecular flexibility index (Phi) is 4.79. The lowest BCUT2D eigenvalue weighted by Crippen LogP contribution is -2.18. The number of carbonyl (C=O) groups is 1. The highest BCUT2D eigenvalue weighted by Crippen LogP contribution is 2.23. The topological polar surface area (TPSA) is 77.1 Å². The fraction of sp³-hybridized carbons (Fsp3) is 0.312. The van der Waals surface area contributed by atoms with E-state index in [1.165, 1.54) is 11.8 Å². The van der Waals surface area contributed by atoms with Gasteiger partial charge in [-0.1, -0.05) is 19.1 Å². The molecule has 2 rings (SSSR count). The van der Waals surface area contributed by atoms with Crippen LogP contribution < -0.4 is 4.84 Å². The Morgan fingerprint density at radius 1 is 1.45 bits per heavy atom. The Bertz CT molecular complexity index is 729. The molecule has 114 valence electrons. The minimum atomic E-state index is -0.476. The van der Waals surface area contributed by atoms with E-state index in [9.17, 15) is 4.79 Å². The summed E-state index contributed by atoms with van der Waals surface area (Å²) in [7, 11) is 1.45. The fourth-order valence-corrected chi connectivity index (χ4v) is 2.09. The van der Waals surface area contributed by atoms with E-state index in [-0.39, 0.29) is 5.69 Å². The van der Waals surface area contributed by atoms with Gasteiger partial charge in [0.25, 0.3) is 0 Å². The van der Waals surface area contributed by atoms with Crippen LogP contribution in [0.1, 0.15) is 35.1 Å². The van der Waals surface area contributed by atoms with Crippen LogP contribution in [0.15, 0.2) is 24.3 Å². The van der Waals surface area contributed by atoms with Crippen LogP contribution in [0, 0.1) is 18.3 Å². The summed E-state index contributed by atoms with van der Waals surface area (Å²) in [6.07, 6.45) is 0.739. The molecule has 0 unspecified atom stereocenters. The van der Waals surface area contributed by atoms with Gasteiger partial charge in [0.2, 0.25) is 0 Å². The predicted molar refractivity (Wildman–Crippen MR) is 80.2 cm³/mol. The summed E-state index contributed by atoms with van der Waals surface area (Å²) in [5.41, 5.74) is 1.98. The molecule has 1 aromatic carbocycles. The van der Waals surface area contributed by atoms with Gasteiger partial charge in [-0.15, -0.1) is 0 Å². The molecule has 0 N–H and O–H groups in total. The second kappa shape index (κ2) is 6.76. The van der Waals surface area contributed by atoms with E-state index < -0.39 is 5.97 Å². The highest BCUT2D eigenvalue weighted by atomic mass is 16.7. The van der Waals surface area contributed by atoms with Crippen molar-refractivity contribution in [2.75, 3.05) is 13.7 Å². The number of imidazole rings is 1. The van der Waals surface area contributed by atoms with Crippen molar-refractivity contribution in [3.8, 4) is 17.5 Å². The number of carbonyl (C=O) groups excluding carboxylic acids is 1. The summed E-state index contributed by atoms with van der Waals surface area (Å²) in [5, 5.41) is 9.00. The van der Waals surface area contributed by atoms with Crippen LogP contribution in [0.5, 0.6) is 0 Å². The van der Waals surface area contributed by atoms with Crippen LogP contribution >= 0.6 is 0 Å². The smallest absolute Gasteiger partial charge is 0.360 e. The second-order valence-corrected chi connectivity index (χ2v) is 4.67. The number of rotatable bonds is 5. The lowest BCUT2D eigenvalue weighted by Gasteiger charge is -2.09. The van der Waals surface area contributed by atoms with Gasteiger partial charge in [0, 0.05) is 5.56 Å². The minimum absolute atomic E-state index is 0.258. The van der Waals surface area contributed by atoms with Crippen LogP contribution in [0.25, 0.3) is 11.4 Å². The van der Waals surface area contributed by atoms with Crippen LogP contribution in [-0.2, 0) is 4.74 Å². The van der Waals surface area contributed by atoms with E-state index in [1.807, 2.05) is 6.92 Å². The number of nitrogens with zero attached hydrogens (tertiary/aromatic N) is 3. The van der Waals surface area contributed by atoms with Gasteiger partial charge in [0.15, 0.2) is 11.5 Å². The first kappa shape index (κ1) is 15.6.